The van der Waals surface area contributed by atoms with Crippen molar-refractivity contribution >= 4 is 44.5 Å². The first kappa shape index (κ1) is 29.4. The van der Waals surface area contributed by atoms with E-state index in [4.69, 9.17) is 4.98 Å². The van der Waals surface area contributed by atoms with Crippen LogP contribution in [0, 0.1) is 17.1 Å². The van der Waals surface area contributed by atoms with Gasteiger partial charge in [0.05, 0.1) is 12.2 Å². The number of nitriles is 1. The minimum atomic E-state index is -0.346. The van der Waals surface area contributed by atoms with Gasteiger partial charge in [0.2, 0.25) is 5.91 Å². The van der Waals surface area contributed by atoms with Gasteiger partial charge in [-0.1, -0.05) is 11.3 Å². The first-order chi connectivity index (χ1) is 21.8. The van der Waals surface area contributed by atoms with Gasteiger partial charge >= 0.3 is 0 Å². The van der Waals surface area contributed by atoms with E-state index in [0.717, 1.165) is 75.2 Å². The van der Waals surface area contributed by atoms with Gasteiger partial charge in [0.25, 0.3) is 5.56 Å². The Bertz CT molecular complexity index is 1850. The average molecular weight is 626 g/mol. The Balaban J connectivity index is 1.18. The number of piperazine rings is 1. The number of benzene rings is 2. The Kier molecular flexibility index (Phi) is 7.79. The zero-order chi connectivity index (χ0) is 31.2. The highest BCUT2D eigenvalue weighted by Crippen LogP contribution is 2.40. The SMILES string of the molecule is C[C@@H]1CCCN1C(=O)CN1CCN(c2ccc3c(=O)n(C4CC4)cc(N(C)c4nc(-c5ccc(F)cc5)c(C#N)s4)c3c2)CC1. The summed E-state index contributed by atoms with van der Waals surface area (Å²) in [4.78, 5) is 40.3. The Labute approximate surface area is 265 Å². The molecule has 3 aliphatic rings. The maximum Gasteiger partial charge on any atom is 0.258 e. The van der Waals surface area contributed by atoms with Crippen LogP contribution in [0.2, 0.25) is 0 Å². The fourth-order valence-electron chi connectivity index (χ4n) is 6.60. The Morgan fingerprint density at radius 1 is 1.07 bits per heavy atom. The molecule has 0 radical (unpaired) electrons. The molecule has 2 aliphatic heterocycles. The van der Waals surface area contributed by atoms with E-state index in [1.807, 2.05) is 39.7 Å². The molecule has 0 spiro atoms. The third-order valence-electron chi connectivity index (χ3n) is 9.40. The fourth-order valence-corrected chi connectivity index (χ4v) is 7.46. The van der Waals surface area contributed by atoms with Gasteiger partial charge < -0.3 is 19.3 Å². The molecule has 1 amide bonds. The summed E-state index contributed by atoms with van der Waals surface area (Å²) in [6.07, 6.45) is 6.05. The van der Waals surface area contributed by atoms with E-state index in [0.29, 0.717) is 39.2 Å². The topological polar surface area (TPSA) is 88.7 Å². The molecular weight excluding hydrogens is 589 g/mol. The first-order valence-corrected chi connectivity index (χ1v) is 16.5. The van der Waals surface area contributed by atoms with E-state index < -0.39 is 0 Å². The lowest BCUT2D eigenvalue weighted by molar-refractivity contribution is -0.133. The van der Waals surface area contributed by atoms with Gasteiger partial charge in [-0.15, -0.1) is 0 Å². The molecule has 3 fully saturated rings. The summed E-state index contributed by atoms with van der Waals surface area (Å²) in [5, 5.41) is 12.0. The van der Waals surface area contributed by atoms with E-state index >= 15 is 0 Å². The molecule has 1 saturated carbocycles. The van der Waals surface area contributed by atoms with Crippen LogP contribution in [0.5, 0.6) is 0 Å². The molecule has 2 aromatic heterocycles. The minimum Gasteiger partial charge on any atom is -0.369 e. The number of hydrogen-bond acceptors (Lipinski definition) is 8. The summed E-state index contributed by atoms with van der Waals surface area (Å²) in [6.45, 7) is 6.63. The predicted octanol–water partition coefficient (Wildman–Crippen LogP) is 5.37. The number of rotatable bonds is 7. The van der Waals surface area contributed by atoms with Crippen LogP contribution in [-0.2, 0) is 4.79 Å². The number of likely N-dealkylation sites (tertiary alicyclic amines) is 1. The summed E-state index contributed by atoms with van der Waals surface area (Å²) in [7, 11) is 1.91. The lowest BCUT2D eigenvalue weighted by atomic mass is 10.1. The maximum atomic E-state index is 13.6. The molecule has 232 valence electrons. The van der Waals surface area contributed by atoms with Crippen LogP contribution in [-0.4, -0.2) is 77.6 Å². The summed E-state index contributed by atoms with van der Waals surface area (Å²) < 4.78 is 15.4. The van der Waals surface area contributed by atoms with Crippen LogP contribution in [0.25, 0.3) is 22.0 Å². The Morgan fingerprint density at radius 2 is 1.82 bits per heavy atom. The van der Waals surface area contributed by atoms with E-state index in [2.05, 4.69) is 28.9 Å². The molecule has 0 unspecified atom stereocenters. The Hall–Kier alpha value is -4.27. The van der Waals surface area contributed by atoms with Crippen LogP contribution in [0.3, 0.4) is 0 Å². The summed E-state index contributed by atoms with van der Waals surface area (Å²) in [5.41, 5.74) is 3.06. The molecule has 7 rings (SSSR count). The molecule has 1 aliphatic carbocycles. The molecule has 45 heavy (non-hydrogen) atoms. The van der Waals surface area contributed by atoms with Gasteiger partial charge in [-0.25, -0.2) is 9.37 Å². The number of carbonyl (C=O) groups is 1. The maximum absolute atomic E-state index is 13.6. The van der Waals surface area contributed by atoms with Crippen LogP contribution in [0.4, 0.5) is 20.9 Å². The van der Waals surface area contributed by atoms with Gasteiger partial charge in [0, 0.05) is 80.1 Å². The van der Waals surface area contributed by atoms with Crippen LogP contribution in [0.1, 0.15) is 43.5 Å². The molecule has 11 heteroatoms. The monoisotopic (exact) mass is 625 g/mol. The molecule has 2 aromatic carbocycles. The summed E-state index contributed by atoms with van der Waals surface area (Å²) in [6, 6.07) is 14.8. The number of nitrogens with zero attached hydrogens (tertiary/aromatic N) is 7. The molecule has 0 bridgehead atoms. The number of pyridine rings is 1. The smallest absolute Gasteiger partial charge is 0.258 e. The van der Waals surface area contributed by atoms with Crippen LogP contribution < -0.4 is 15.4 Å². The number of hydrogen-bond donors (Lipinski definition) is 0. The van der Waals surface area contributed by atoms with Crippen molar-refractivity contribution < 1.29 is 9.18 Å². The number of fused-ring (bicyclic) bond motifs is 1. The van der Waals surface area contributed by atoms with Crippen molar-refractivity contribution in [2.24, 2.45) is 0 Å². The van der Waals surface area contributed by atoms with Crippen molar-refractivity contribution in [1.29, 1.82) is 5.26 Å². The van der Waals surface area contributed by atoms with E-state index in [-0.39, 0.29) is 23.3 Å². The highest BCUT2D eigenvalue weighted by Gasteiger charge is 2.29. The van der Waals surface area contributed by atoms with Gasteiger partial charge in [0.15, 0.2) is 5.13 Å². The molecular formula is C34H36FN7O2S. The van der Waals surface area contributed by atoms with Crippen molar-refractivity contribution in [2.45, 2.75) is 44.7 Å². The van der Waals surface area contributed by atoms with E-state index in [1.54, 1.807) is 12.1 Å². The fraction of sp³-hybridized carbons (Fsp3) is 0.412. The van der Waals surface area contributed by atoms with Crippen LogP contribution in [0.15, 0.2) is 53.5 Å². The van der Waals surface area contributed by atoms with Crippen molar-refractivity contribution in [3.05, 3.63) is 69.7 Å². The van der Waals surface area contributed by atoms with Gasteiger partial charge in [0.1, 0.15) is 22.5 Å². The molecule has 2 saturated heterocycles. The van der Waals surface area contributed by atoms with E-state index in [9.17, 15) is 19.2 Å². The number of carbonyl (C=O) groups excluding carboxylic acids is 1. The summed E-state index contributed by atoms with van der Waals surface area (Å²) in [5.74, 6) is -0.121. The number of amides is 1. The zero-order valence-corrected chi connectivity index (χ0v) is 26.4. The molecule has 4 aromatic rings. The zero-order valence-electron chi connectivity index (χ0n) is 25.6. The molecule has 4 heterocycles. The third-order valence-corrected chi connectivity index (χ3v) is 10.4. The normalized spacial score (nSPS) is 18.8. The number of halogens is 1. The highest BCUT2D eigenvalue weighted by atomic mass is 32.1. The second-order valence-electron chi connectivity index (χ2n) is 12.4. The lowest BCUT2D eigenvalue weighted by Gasteiger charge is -2.37. The number of aromatic nitrogens is 2. The van der Waals surface area contributed by atoms with Gasteiger partial charge in [-0.05, 0) is 75.1 Å². The van der Waals surface area contributed by atoms with Crippen molar-refractivity contribution in [2.75, 3.05) is 56.1 Å². The standard InChI is InChI=1S/C34H36FN7O2S/c1-22-4-3-13-41(22)31(43)21-39-14-16-40(17-15-39)26-11-12-27-28(18-26)29(20-42(33(27)44)25-9-10-25)38(2)34-37-32(30(19-36)45-34)23-5-7-24(35)8-6-23/h5-8,11-12,18,20,22,25H,3-4,9-10,13-17,21H2,1-2H3/t22-/m1/s1. The number of thiazole rings is 1. The van der Waals surface area contributed by atoms with Gasteiger partial charge in [-0.3, -0.25) is 14.5 Å². The highest BCUT2D eigenvalue weighted by molar-refractivity contribution is 7.16. The molecule has 9 nitrogen and oxygen atoms in total. The second-order valence-corrected chi connectivity index (χ2v) is 13.4. The largest absolute Gasteiger partial charge is 0.369 e. The van der Waals surface area contributed by atoms with Crippen molar-refractivity contribution in [3.8, 4) is 17.3 Å². The van der Waals surface area contributed by atoms with Crippen molar-refractivity contribution in [1.82, 2.24) is 19.4 Å². The van der Waals surface area contributed by atoms with Gasteiger partial charge in [-0.2, -0.15) is 5.26 Å². The lowest BCUT2D eigenvalue weighted by Crippen LogP contribution is -2.50. The van der Waals surface area contributed by atoms with Crippen LogP contribution >= 0.6 is 11.3 Å². The first-order valence-electron chi connectivity index (χ1n) is 15.7. The average Bonchev–Trinajstić information content (AvgIpc) is 3.65. The third kappa shape index (κ3) is 5.69. The summed E-state index contributed by atoms with van der Waals surface area (Å²) >= 11 is 1.28. The quantitative estimate of drug-likeness (QED) is 0.273. The number of anilines is 3. The molecule has 0 N–H and O–H groups in total. The van der Waals surface area contributed by atoms with E-state index in [1.165, 1.54) is 23.5 Å². The van der Waals surface area contributed by atoms with Crippen molar-refractivity contribution in [3.63, 3.8) is 0 Å². The predicted molar refractivity (Wildman–Crippen MR) is 176 cm³/mol. The Morgan fingerprint density at radius 3 is 2.49 bits per heavy atom. The minimum absolute atomic E-state index is 0.000438. The second kappa shape index (κ2) is 11.9. The molecule has 1 atom stereocenters.